The normalized spacial score (nSPS) is 10.8. The van der Waals surface area contributed by atoms with Gasteiger partial charge < -0.3 is 5.32 Å². The van der Waals surface area contributed by atoms with E-state index in [9.17, 15) is 14.4 Å². The molecule has 2 aromatic carbocycles. The molecule has 3 N–H and O–H groups in total. The number of rotatable bonds is 6. The summed E-state index contributed by atoms with van der Waals surface area (Å²) in [6.45, 7) is 1.51. The number of hydrazone groups is 1. The van der Waals surface area contributed by atoms with Crippen LogP contribution in [0.5, 0.6) is 0 Å². The van der Waals surface area contributed by atoms with Gasteiger partial charge in [-0.05, 0) is 31.2 Å². The van der Waals surface area contributed by atoms with Crippen LogP contribution in [0.2, 0.25) is 0 Å². The molecule has 0 bridgehead atoms. The van der Waals surface area contributed by atoms with Gasteiger partial charge in [-0.25, -0.2) is 10.1 Å². The SMILES string of the molecule is Cc1[nH]n(-c2ccccc2)c(=O)c1/C=N/NC(=O)CNC(=O)c1ccccc1. The molecule has 2 amide bonds. The summed E-state index contributed by atoms with van der Waals surface area (Å²) in [5, 5.41) is 9.28. The van der Waals surface area contributed by atoms with Gasteiger partial charge in [0.05, 0.1) is 24.0 Å². The predicted molar refractivity (Wildman–Crippen MR) is 106 cm³/mol. The predicted octanol–water partition coefficient (Wildman–Crippen LogP) is 1.35. The molecule has 0 radical (unpaired) electrons. The van der Waals surface area contributed by atoms with Gasteiger partial charge in [-0.3, -0.25) is 19.5 Å². The summed E-state index contributed by atoms with van der Waals surface area (Å²) in [5.41, 5.74) is 4.12. The maximum atomic E-state index is 12.5. The molecule has 0 aliphatic rings. The zero-order valence-corrected chi connectivity index (χ0v) is 15.2. The molecule has 3 rings (SSSR count). The van der Waals surface area contributed by atoms with Gasteiger partial charge >= 0.3 is 0 Å². The van der Waals surface area contributed by atoms with Gasteiger partial charge in [0.25, 0.3) is 17.4 Å². The molecule has 0 atom stereocenters. The van der Waals surface area contributed by atoms with Crippen molar-refractivity contribution in [3.05, 3.63) is 87.8 Å². The average Bonchev–Trinajstić information content (AvgIpc) is 3.01. The molecule has 3 aromatic rings. The fourth-order valence-electron chi connectivity index (χ4n) is 2.53. The minimum Gasteiger partial charge on any atom is -0.343 e. The zero-order valence-electron chi connectivity index (χ0n) is 15.2. The van der Waals surface area contributed by atoms with E-state index >= 15 is 0 Å². The Morgan fingerprint density at radius 2 is 1.71 bits per heavy atom. The number of benzene rings is 2. The Morgan fingerprint density at radius 3 is 2.39 bits per heavy atom. The number of nitrogens with zero attached hydrogens (tertiary/aromatic N) is 2. The lowest BCUT2D eigenvalue weighted by atomic mass is 10.2. The number of nitrogens with one attached hydrogen (secondary N) is 3. The van der Waals surface area contributed by atoms with Crippen molar-refractivity contribution in [3.63, 3.8) is 0 Å². The van der Waals surface area contributed by atoms with Crippen molar-refractivity contribution in [2.75, 3.05) is 6.54 Å². The average molecular weight is 377 g/mol. The first-order valence-corrected chi connectivity index (χ1v) is 8.58. The fraction of sp³-hybridized carbons (Fsp3) is 0.100. The van der Waals surface area contributed by atoms with Gasteiger partial charge in [-0.1, -0.05) is 36.4 Å². The van der Waals surface area contributed by atoms with Crippen molar-refractivity contribution in [1.29, 1.82) is 0 Å². The van der Waals surface area contributed by atoms with Gasteiger partial charge in [0.1, 0.15) is 0 Å². The Labute approximate surface area is 160 Å². The second-order valence-corrected chi connectivity index (χ2v) is 5.97. The molecule has 0 saturated carbocycles. The Balaban J connectivity index is 1.59. The number of carbonyl (C=O) groups is 2. The molecule has 8 nitrogen and oxygen atoms in total. The first-order valence-electron chi connectivity index (χ1n) is 8.58. The van der Waals surface area contributed by atoms with Crippen LogP contribution in [-0.4, -0.2) is 34.4 Å². The number of aryl methyl sites for hydroxylation is 1. The van der Waals surface area contributed by atoms with Crippen LogP contribution in [0, 0.1) is 6.92 Å². The lowest BCUT2D eigenvalue weighted by Gasteiger charge is -2.03. The van der Waals surface area contributed by atoms with Crippen LogP contribution in [0.25, 0.3) is 5.69 Å². The summed E-state index contributed by atoms with van der Waals surface area (Å²) in [6, 6.07) is 17.7. The maximum Gasteiger partial charge on any atom is 0.280 e. The number of amides is 2. The number of carbonyl (C=O) groups excluding carboxylic acids is 2. The quantitative estimate of drug-likeness (QED) is 0.446. The van der Waals surface area contributed by atoms with E-state index in [1.54, 1.807) is 49.4 Å². The highest BCUT2D eigenvalue weighted by molar-refractivity contribution is 5.96. The Kier molecular flexibility index (Phi) is 5.81. The van der Waals surface area contributed by atoms with Crippen molar-refractivity contribution >= 4 is 18.0 Å². The van der Waals surface area contributed by atoms with Gasteiger partial charge in [0.2, 0.25) is 0 Å². The maximum absolute atomic E-state index is 12.5. The number of para-hydroxylation sites is 1. The van der Waals surface area contributed by atoms with E-state index in [4.69, 9.17) is 0 Å². The summed E-state index contributed by atoms with van der Waals surface area (Å²) in [7, 11) is 0. The van der Waals surface area contributed by atoms with Crippen LogP contribution in [0.1, 0.15) is 21.6 Å². The van der Waals surface area contributed by atoms with E-state index in [0.717, 1.165) is 0 Å². The number of hydrogen-bond donors (Lipinski definition) is 3. The third-order valence-electron chi connectivity index (χ3n) is 3.96. The van der Waals surface area contributed by atoms with E-state index in [1.807, 2.05) is 18.2 Å². The van der Waals surface area contributed by atoms with Crippen molar-refractivity contribution in [2.45, 2.75) is 6.92 Å². The second-order valence-electron chi connectivity index (χ2n) is 5.97. The van der Waals surface area contributed by atoms with E-state index in [-0.39, 0.29) is 18.0 Å². The van der Waals surface area contributed by atoms with E-state index < -0.39 is 5.91 Å². The van der Waals surface area contributed by atoms with Gasteiger partial charge in [0.15, 0.2) is 0 Å². The highest BCUT2D eigenvalue weighted by Crippen LogP contribution is 2.05. The molecule has 1 heterocycles. The van der Waals surface area contributed by atoms with Crippen LogP contribution in [0.15, 0.2) is 70.6 Å². The molecule has 0 aliphatic carbocycles. The van der Waals surface area contributed by atoms with E-state index in [0.29, 0.717) is 22.5 Å². The standard InChI is InChI=1S/C20H19N5O3/c1-14-17(20(28)25(24-14)16-10-6-3-7-11-16)12-22-23-18(26)13-21-19(27)15-8-4-2-5-9-15/h2-12,24H,13H2,1H3,(H,21,27)(H,23,26)/b22-12+. The first-order chi connectivity index (χ1) is 13.6. The highest BCUT2D eigenvalue weighted by atomic mass is 16.2. The van der Waals surface area contributed by atoms with Gasteiger partial charge in [0, 0.05) is 11.3 Å². The van der Waals surface area contributed by atoms with Crippen molar-refractivity contribution in [1.82, 2.24) is 20.5 Å². The molecule has 8 heteroatoms. The molecule has 1 aromatic heterocycles. The molecule has 0 aliphatic heterocycles. The van der Waals surface area contributed by atoms with E-state index in [1.165, 1.54) is 10.9 Å². The van der Waals surface area contributed by atoms with Crippen LogP contribution in [0.3, 0.4) is 0 Å². The van der Waals surface area contributed by atoms with Gasteiger partial charge in [-0.15, -0.1) is 0 Å². The Hall–Kier alpha value is -3.94. The number of aromatic amines is 1. The summed E-state index contributed by atoms with van der Waals surface area (Å²) >= 11 is 0. The topological polar surface area (TPSA) is 108 Å². The highest BCUT2D eigenvalue weighted by Gasteiger charge is 2.11. The zero-order chi connectivity index (χ0) is 19.9. The lowest BCUT2D eigenvalue weighted by molar-refractivity contribution is -0.120. The molecule has 0 fully saturated rings. The van der Waals surface area contributed by atoms with Crippen LogP contribution < -0.4 is 16.3 Å². The smallest absolute Gasteiger partial charge is 0.280 e. The lowest BCUT2D eigenvalue weighted by Crippen LogP contribution is -2.35. The van der Waals surface area contributed by atoms with Gasteiger partial charge in [-0.2, -0.15) is 5.10 Å². The molecule has 28 heavy (non-hydrogen) atoms. The van der Waals surface area contributed by atoms with Crippen LogP contribution >= 0.6 is 0 Å². The largest absolute Gasteiger partial charge is 0.343 e. The summed E-state index contributed by atoms with van der Waals surface area (Å²) in [4.78, 5) is 36.2. The van der Waals surface area contributed by atoms with Crippen LogP contribution in [-0.2, 0) is 4.79 Å². The third-order valence-corrected chi connectivity index (χ3v) is 3.96. The summed E-state index contributed by atoms with van der Waals surface area (Å²) < 4.78 is 1.40. The van der Waals surface area contributed by atoms with Crippen LogP contribution in [0.4, 0.5) is 0 Å². The monoisotopic (exact) mass is 377 g/mol. The molecular weight excluding hydrogens is 358 g/mol. The van der Waals surface area contributed by atoms with Crippen molar-refractivity contribution in [2.24, 2.45) is 5.10 Å². The minimum atomic E-state index is -0.503. The third kappa shape index (κ3) is 4.42. The summed E-state index contributed by atoms with van der Waals surface area (Å²) in [5.74, 6) is -0.857. The van der Waals surface area contributed by atoms with E-state index in [2.05, 4.69) is 20.9 Å². The molecule has 0 spiro atoms. The molecular formula is C20H19N5O3. The Bertz CT molecular complexity index is 1050. The second kappa shape index (κ2) is 8.63. The Morgan fingerprint density at radius 1 is 1.07 bits per heavy atom. The molecule has 142 valence electrons. The number of hydrogen-bond acceptors (Lipinski definition) is 4. The number of H-pyrrole nitrogens is 1. The summed E-state index contributed by atoms with van der Waals surface area (Å²) in [6.07, 6.45) is 1.28. The first kappa shape index (κ1) is 18.8. The molecule has 0 saturated heterocycles. The minimum absolute atomic E-state index is 0.231. The molecule has 0 unspecified atom stereocenters. The van der Waals surface area contributed by atoms with Crippen molar-refractivity contribution < 1.29 is 9.59 Å². The number of aromatic nitrogens is 2. The van der Waals surface area contributed by atoms with Crippen molar-refractivity contribution in [3.8, 4) is 5.69 Å². The fourth-order valence-corrected chi connectivity index (χ4v) is 2.53.